The number of piperazine rings is 2. The number of aromatic nitrogens is 4. The molecule has 1 aliphatic carbocycles. The molecule has 0 spiro atoms. The summed E-state index contributed by atoms with van der Waals surface area (Å²) in [5.74, 6) is 0.892. The second kappa shape index (κ2) is 7.12. The number of rotatable bonds is 5. The maximum absolute atomic E-state index is 12.9. The molecule has 4 rings (SSSR count). The van der Waals surface area contributed by atoms with Gasteiger partial charge in [-0.2, -0.15) is 17.0 Å². The van der Waals surface area contributed by atoms with Gasteiger partial charge in [0, 0.05) is 52.4 Å². The van der Waals surface area contributed by atoms with Crippen LogP contribution in [0.5, 0.6) is 0 Å². The van der Waals surface area contributed by atoms with Gasteiger partial charge in [0.25, 0.3) is 10.2 Å². The van der Waals surface area contributed by atoms with Crippen molar-refractivity contribution in [3.63, 3.8) is 0 Å². The maximum atomic E-state index is 12.9. The second-order valence-electron chi connectivity index (χ2n) is 7.53. The van der Waals surface area contributed by atoms with Crippen LogP contribution >= 0.6 is 0 Å². The molecule has 3 fully saturated rings. The highest BCUT2D eigenvalue weighted by atomic mass is 32.2. The van der Waals surface area contributed by atoms with Gasteiger partial charge in [-0.1, -0.05) is 0 Å². The van der Waals surface area contributed by atoms with E-state index in [1.54, 1.807) is 8.61 Å². The van der Waals surface area contributed by atoms with Gasteiger partial charge in [0.15, 0.2) is 5.82 Å². The van der Waals surface area contributed by atoms with Crippen molar-refractivity contribution in [2.75, 3.05) is 59.4 Å². The number of hydrogen-bond acceptors (Lipinski definition) is 7. The van der Waals surface area contributed by atoms with Crippen LogP contribution in [-0.2, 0) is 10.2 Å². The minimum atomic E-state index is -3.36. The van der Waals surface area contributed by atoms with Crippen LogP contribution in [0.2, 0.25) is 0 Å². The SMILES string of the molecule is CC(c1nnnn1C1CC1)N1CCN(S(=O)(=O)N2CCN(C)CC2)CC1. The lowest BCUT2D eigenvalue weighted by Gasteiger charge is -2.40. The van der Waals surface area contributed by atoms with E-state index >= 15 is 0 Å². The van der Waals surface area contributed by atoms with Crippen molar-refractivity contribution in [1.29, 1.82) is 0 Å². The zero-order valence-electron chi connectivity index (χ0n) is 15.5. The third-order valence-electron chi connectivity index (χ3n) is 5.72. The van der Waals surface area contributed by atoms with E-state index in [4.69, 9.17) is 0 Å². The van der Waals surface area contributed by atoms with Gasteiger partial charge in [-0.05, 0) is 37.2 Å². The van der Waals surface area contributed by atoms with Gasteiger partial charge in [-0.25, -0.2) is 4.68 Å². The topological polar surface area (TPSA) is 90.7 Å². The van der Waals surface area contributed by atoms with Gasteiger partial charge in [-0.15, -0.1) is 5.10 Å². The molecule has 2 aliphatic heterocycles. The van der Waals surface area contributed by atoms with Gasteiger partial charge in [0.2, 0.25) is 0 Å². The van der Waals surface area contributed by atoms with Gasteiger partial charge >= 0.3 is 0 Å². The average molecular weight is 385 g/mol. The molecular formula is C15H28N8O2S. The van der Waals surface area contributed by atoms with E-state index < -0.39 is 10.2 Å². The molecule has 26 heavy (non-hydrogen) atoms. The summed E-state index contributed by atoms with van der Waals surface area (Å²) < 4.78 is 31.0. The smallest absolute Gasteiger partial charge is 0.282 e. The summed E-state index contributed by atoms with van der Waals surface area (Å²) in [6, 6.07) is 0.542. The highest BCUT2D eigenvalue weighted by Crippen LogP contribution is 2.36. The first-order valence-electron chi connectivity index (χ1n) is 9.42. The molecule has 1 saturated carbocycles. The Balaban J connectivity index is 1.37. The molecule has 1 unspecified atom stereocenters. The molecule has 146 valence electrons. The summed E-state index contributed by atoms with van der Waals surface area (Å²) in [5, 5.41) is 12.2. The lowest BCUT2D eigenvalue weighted by atomic mass is 10.2. The molecule has 1 aromatic rings. The summed E-state index contributed by atoms with van der Waals surface area (Å²) in [5.41, 5.74) is 0. The van der Waals surface area contributed by atoms with Crippen LogP contribution in [0.4, 0.5) is 0 Å². The van der Waals surface area contributed by atoms with Crippen molar-refractivity contribution >= 4 is 10.2 Å². The molecule has 0 amide bonds. The van der Waals surface area contributed by atoms with Crippen LogP contribution in [0.25, 0.3) is 0 Å². The fourth-order valence-corrected chi connectivity index (χ4v) is 5.30. The second-order valence-corrected chi connectivity index (χ2v) is 9.46. The van der Waals surface area contributed by atoms with Gasteiger partial charge in [0.1, 0.15) is 0 Å². The Morgan fingerprint density at radius 3 is 2.12 bits per heavy atom. The number of tetrazole rings is 1. The number of hydrogen-bond donors (Lipinski definition) is 0. The molecule has 0 aromatic carbocycles. The average Bonchev–Trinajstić information content (AvgIpc) is 3.38. The Morgan fingerprint density at radius 2 is 1.54 bits per heavy atom. The molecular weight excluding hydrogens is 356 g/mol. The molecule has 10 nitrogen and oxygen atoms in total. The predicted octanol–water partition coefficient (Wildman–Crippen LogP) is -0.821. The quantitative estimate of drug-likeness (QED) is 0.655. The van der Waals surface area contributed by atoms with Crippen molar-refractivity contribution in [1.82, 2.24) is 38.6 Å². The third-order valence-corrected chi connectivity index (χ3v) is 7.76. The molecule has 2 saturated heterocycles. The van der Waals surface area contributed by atoms with Crippen molar-refractivity contribution in [3.8, 4) is 0 Å². The molecule has 1 aromatic heterocycles. The zero-order valence-corrected chi connectivity index (χ0v) is 16.3. The van der Waals surface area contributed by atoms with E-state index in [1.807, 2.05) is 11.7 Å². The lowest BCUT2D eigenvalue weighted by molar-refractivity contribution is 0.130. The fraction of sp³-hybridized carbons (Fsp3) is 0.933. The standard InChI is InChI=1S/C15H28N8O2S/c1-13(15-16-17-18-23(15)14-3-4-14)20-7-11-22(12-8-20)26(24,25)21-9-5-19(2)6-10-21/h13-14H,3-12H2,1-2H3. The molecule has 3 aliphatic rings. The van der Waals surface area contributed by atoms with Crippen molar-refractivity contribution < 1.29 is 8.42 Å². The van der Waals surface area contributed by atoms with Crippen LogP contribution in [0.1, 0.15) is 37.7 Å². The molecule has 3 heterocycles. The maximum Gasteiger partial charge on any atom is 0.282 e. The Morgan fingerprint density at radius 1 is 0.962 bits per heavy atom. The summed E-state index contributed by atoms with van der Waals surface area (Å²) in [4.78, 5) is 4.44. The van der Waals surface area contributed by atoms with E-state index in [1.165, 1.54) is 0 Å². The minimum absolute atomic E-state index is 0.0964. The highest BCUT2D eigenvalue weighted by molar-refractivity contribution is 7.86. The van der Waals surface area contributed by atoms with Crippen LogP contribution in [-0.4, -0.2) is 106 Å². The van der Waals surface area contributed by atoms with Crippen LogP contribution < -0.4 is 0 Å². The molecule has 0 bridgehead atoms. The summed E-state index contributed by atoms with van der Waals surface area (Å²) in [6.07, 6.45) is 2.28. The first-order chi connectivity index (χ1) is 12.5. The zero-order chi connectivity index (χ0) is 18.3. The highest BCUT2D eigenvalue weighted by Gasteiger charge is 2.36. The fourth-order valence-electron chi connectivity index (χ4n) is 3.72. The largest absolute Gasteiger partial charge is 0.304 e. The number of likely N-dealkylation sites (N-methyl/N-ethyl adjacent to an activating group) is 1. The normalized spacial score (nSPS) is 26.2. The summed E-state index contributed by atoms with van der Waals surface area (Å²) >= 11 is 0. The van der Waals surface area contributed by atoms with Crippen LogP contribution in [0.15, 0.2) is 0 Å². The van der Waals surface area contributed by atoms with Gasteiger partial charge < -0.3 is 4.90 Å². The van der Waals surface area contributed by atoms with Gasteiger partial charge in [0.05, 0.1) is 12.1 Å². The monoisotopic (exact) mass is 384 g/mol. The Labute approximate surface area is 154 Å². The number of nitrogens with zero attached hydrogens (tertiary/aromatic N) is 8. The van der Waals surface area contributed by atoms with Crippen molar-refractivity contribution in [3.05, 3.63) is 5.82 Å². The first-order valence-corrected chi connectivity index (χ1v) is 10.8. The summed E-state index contributed by atoms with van der Waals surface area (Å²) in [7, 11) is -1.33. The summed E-state index contributed by atoms with van der Waals surface area (Å²) in [6.45, 7) is 7.28. The van der Waals surface area contributed by atoms with E-state index in [9.17, 15) is 8.42 Å². The van der Waals surface area contributed by atoms with E-state index in [0.717, 1.165) is 31.8 Å². The van der Waals surface area contributed by atoms with Crippen LogP contribution in [0, 0.1) is 0 Å². The Hall–Kier alpha value is -1.14. The van der Waals surface area contributed by atoms with E-state index in [-0.39, 0.29) is 6.04 Å². The molecule has 11 heteroatoms. The lowest BCUT2D eigenvalue weighted by Crippen LogP contribution is -2.56. The predicted molar refractivity (Wildman–Crippen MR) is 95.6 cm³/mol. The molecule has 1 atom stereocenters. The van der Waals surface area contributed by atoms with E-state index in [2.05, 4.69) is 32.2 Å². The van der Waals surface area contributed by atoms with Crippen molar-refractivity contribution in [2.24, 2.45) is 0 Å². The van der Waals surface area contributed by atoms with Gasteiger partial charge in [-0.3, -0.25) is 4.90 Å². The Kier molecular flexibility index (Phi) is 4.99. The minimum Gasteiger partial charge on any atom is -0.304 e. The molecule has 0 N–H and O–H groups in total. The first kappa shape index (κ1) is 18.2. The van der Waals surface area contributed by atoms with Crippen molar-refractivity contribution in [2.45, 2.75) is 31.8 Å². The molecule has 0 radical (unpaired) electrons. The third kappa shape index (κ3) is 3.50. The van der Waals surface area contributed by atoms with E-state index in [0.29, 0.717) is 45.3 Å². The Bertz CT molecular complexity index is 718. The van der Waals surface area contributed by atoms with Crippen LogP contribution in [0.3, 0.4) is 0 Å².